The fraction of sp³-hybridized carbons (Fsp3) is 0.571. The van der Waals surface area contributed by atoms with Gasteiger partial charge in [0.2, 0.25) is 0 Å². The molecule has 0 aromatic heterocycles. The van der Waals surface area contributed by atoms with E-state index in [-0.39, 0.29) is 0 Å². The van der Waals surface area contributed by atoms with Crippen molar-refractivity contribution in [2.75, 3.05) is 24.5 Å². The Morgan fingerprint density at radius 3 is 2.94 bits per heavy atom. The molecule has 0 fully saturated rings. The lowest BCUT2D eigenvalue weighted by Crippen LogP contribution is -2.21. The van der Waals surface area contributed by atoms with Gasteiger partial charge in [-0.1, -0.05) is 12.1 Å². The number of benzene rings is 1. The highest BCUT2D eigenvalue weighted by molar-refractivity contribution is 5.62. The molecular weight excluding hydrogens is 196 g/mol. The number of nitrogens with zero attached hydrogens (tertiary/aromatic N) is 1. The van der Waals surface area contributed by atoms with Crippen molar-refractivity contribution in [2.24, 2.45) is 5.73 Å². The van der Waals surface area contributed by atoms with E-state index in [1.54, 1.807) is 5.56 Å². The van der Waals surface area contributed by atoms with Crippen LogP contribution >= 0.6 is 0 Å². The van der Waals surface area contributed by atoms with Crippen LogP contribution in [0.2, 0.25) is 0 Å². The summed E-state index contributed by atoms with van der Waals surface area (Å²) in [4.78, 5) is 2.49. The number of hydrogen-bond acceptors (Lipinski definition) is 2. The van der Waals surface area contributed by atoms with Gasteiger partial charge in [0, 0.05) is 24.7 Å². The maximum absolute atomic E-state index is 5.62. The first-order valence-electron chi connectivity index (χ1n) is 6.32. The first kappa shape index (κ1) is 11.5. The zero-order valence-electron chi connectivity index (χ0n) is 10.4. The van der Waals surface area contributed by atoms with Crippen LogP contribution in [0.5, 0.6) is 0 Å². The predicted molar refractivity (Wildman–Crippen MR) is 70.1 cm³/mol. The standard InChI is InChI=1S/C14H22N2/c1-3-16-10-12(7-5-9-15)14-11(2)6-4-8-13(14)16/h4,6,8,12H,3,5,7,9-10,15H2,1-2H3. The van der Waals surface area contributed by atoms with Crippen LogP contribution in [0.15, 0.2) is 18.2 Å². The number of aryl methyl sites for hydroxylation is 1. The van der Waals surface area contributed by atoms with Crippen LogP contribution in [-0.4, -0.2) is 19.6 Å². The van der Waals surface area contributed by atoms with Gasteiger partial charge in [-0.2, -0.15) is 0 Å². The van der Waals surface area contributed by atoms with E-state index in [4.69, 9.17) is 5.73 Å². The molecule has 1 atom stereocenters. The molecule has 0 aliphatic carbocycles. The number of anilines is 1. The van der Waals surface area contributed by atoms with Gasteiger partial charge in [0.25, 0.3) is 0 Å². The Kier molecular flexibility index (Phi) is 3.49. The van der Waals surface area contributed by atoms with Crippen LogP contribution in [0.25, 0.3) is 0 Å². The zero-order valence-corrected chi connectivity index (χ0v) is 10.4. The Morgan fingerprint density at radius 2 is 2.25 bits per heavy atom. The summed E-state index contributed by atoms with van der Waals surface area (Å²) in [5, 5.41) is 0. The summed E-state index contributed by atoms with van der Waals surface area (Å²) in [5.74, 6) is 0.694. The van der Waals surface area contributed by atoms with E-state index in [1.807, 2.05) is 0 Å². The smallest absolute Gasteiger partial charge is 0.0405 e. The third-order valence-corrected chi connectivity index (χ3v) is 3.63. The largest absolute Gasteiger partial charge is 0.371 e. The molecule has 2 rings (SSSR count). The molecule has 1 aromatic rings. The maximum atomic E-state index is 5.62. The molecule has 0 amide bonds. The van der Waals surface area contributed by atoms with Gasteiger partial charge in [-0.25, -0.2) is 0 Å². The molecule has 1 aliphatic heterocycles. The fourth-order valence-electron chi connectivity index (χ4n) is 2.83. The summed E-state index contributed by atoms with van der Waals surface area (Å²) in [6.45, 7) is 7.56. The minimum Gasteiger partial charge on any atom is -0.371 e. The van der Waals surface area contributed by atoms with Crippen LogP contribution in [0.3, 0.4) is 0 Å². The van der Waals surface area contributed by atoms with Crippen molar-refractivity contribution in [3.05, 3.63) is 29.3 Å². The molecule has 1 aliphatic rings. The molecule has 1 unspecified atom stereocenters. The summed E-state index contributed by atoms with van der Waals surface area (Å²) in [6.07, 6.45) is 2.36. The fourth-order valence-corrected chi connectivity index (χ4v) is 2.83. The molecule has 0 radical (unpaired) electrons. The molecule has 1 heterocycles. The van der Waals surface area contributed by atoms with Crippen molar-refractivity contribution in [3.63, 3.8) is 0 Å². The molecule has 0 bridgehead atoms. The lowest BCUT2D eigenvalue weighted by Gasteiger charge is -2.17. The van der Waals surface area contributed by atoms with Crippen LogP contribution in [0, 0.1) is 6.92 Å². The third kappa shape index (κ3) is 1.94. The average Bonchev–Trinajstić information content (AvgIpc) is 2.66. The number of rotatable bonds is 4. The highest BCUT2D eigenvalue weighted by Gasteiger charge is 2.28. The second-order valence-electron chi connectivity index (χ2n) is 4.67. The second kappa shape index (κ2) is 4.88. The highest BCUT2D eigenvalue weighted by Crippen LogP contribution is 2.40. The minimum absolute atomic E-state index is 0.694. The maximum Gasteiger partial charge on any atom is 0.0405 e. The molecule has 0 spiro atoms. The van der Waals surface area contributed by atoms with E-state index in [0.717, 1.165) is 19.5 Å². The van der Waals surface area contributed by atoms with Crippen molar-refractivity contribution in [1.29, 1.82) is 0 Å². The van der Waals surface area contributed by atoms with Crippen LogP contribution in [-0.2, 0) is 0 Å². The van der Waals surface area contributed by atoms with Crippen molar-refractivity contribution in [2.45, 2.75) is 32.6 Å². The molecule has 2 nitrogen and oxygen atoms in total. The second-order valence-corrected chi connectivity index (χ2v) is 4.67. The Morgan fingerprint density at radius 1 is 1.44 bits per heavy atom. The molecule has 2 heteroatoms. The van der Waals surface area contributed by atoms with E-state index in [2.05, 4.69) is 36.9 Å². The topological polar surface area (TPSA) is 29.3 Å². The first-order valence-corrected chi connectivity index (χ1v) is 6.32. The molecule has 2 N–H and O–H groups in total. The van der Waals surface area contributed by atoms with Gasteiger partial charge in [-0.3, -0.25) is 0 Å². The first-order chi connectivity index (χ1) is 7.77. The quantitative estimate of drug-likeness (QED) is 0.842. The van der Waals surface area contributed by atoms with E-state index < -0.39 is 0 Å². The summed E-state index contributed by atoms with van der Waals surface area (Å²) in [7, 11) is 0. The summed E-state index contributed by atoms with van der Waals surface area (Å²) in [6, 6.07) is 6.66. The Hall–Kier alpha value is -1.02. The third-order valence-electron chi connectivity index (χ3n) is 3.63. The van der Waals surface area contributed by atoms with Gasteiger partial charge < -0.3 is 10.6 Å². The Labute approximate surface area is 98.4 Å². The normalized spacial score (nSPS) is 18.9. The number of likely N-dealkylation sites (N-methyl/N-ethyl adjacent to an activating group) is 1. The van der Waals surface area contributed by atoms with Gasteiger partial charge in [0.05, 0.1) is 0 Å². The molecule has 16 heavy (non-hydrogen) atoms. The predicted octanol–water partition coefficient (Wildman–Crippen LogP) is 2.66. The van der Waals surface area contributed by atoms with Crippen LogP contribution in [0.1, 0.15) is 36.8 Å². The molecule has 0 saturated heterocycles. The summed E-state index contributed by atoms with van der Waals surface area (Å²) < 4.78 is 0. The van der Waals surface area contributed by atoms with Gasteiger partial charge in [0.15, 0.2) is 0 Å². The van der Waals surface area contributed by atoms with Crippen LogP contribution < -0.4 is 10.6 Å². The van der Waals surface area contributed by atoms with E-state index in [0.29, 0.717) is 5.92 Å². The Bertz CT molecular complexity index is 360. The monoisotopic (exact) mass is 218 g/mol. The minimum atomic E-state index is 0.694. The van der Waals surface area contributed by atoms with Gasteiger partial charge in [0.1, 0.15) is 0 Å². The summed E-state index contributed by atoms with van der Waals surface area (Å²) in [5.41, 5.74) is 10.1. The van der Waals surface area contributed by atoms with Crippen molar-refractivity contribution in [1.82, 2.24) is 0 Å². The van der Waals surface area contributed by atoms with Gasteiger partial charge in [-0.05, 0) is 50.4 Å². The SMILES string of the molecule is CCN1CC(CCCN)c2c(C)cccc21. The van der Waals surface area contributed by atoms with Gasteiger partial charge in [-0.15, -0.1) is 0 Å². The Balaban J connectivity index is 2.28. The van der Waals surface area contributed by atoms with E-state index >= 15 is 0 Å². The van der Waals surface area contributed by atoms with Crippen molar-refractivity contribution in [3.8, 4) is 0 Å². The van der Waals surface area contributed by atoms with Gasteiger partial charge >= 0.3 is 0 Å². The summed E-state index contributed by atoms with van der Waals surface area (Å²) >= 11 is 0. The highest BCUT2D eigenvalue weighted by atomic mass is 15.1. The number of nitrogens with two attached hydrogens (primary N) is 1. The molecule has 0 saturated carbocycles. The molecule has 1 aromatic carbocycles. The zero-order chi connectivity index (χ0) is 11.5. The van der Waals surface area contributed by atoms with E-state index in [1.165, 1.54) is 24.2 Å². The number of hydrogen-bond donors (Lipinski definition) is 1. The van der Waals surface area contributed by atoms with Crippen molar-refractivity contribution >= 4 is 5.69 Å². The van der Waals surface area contributed by atoms with Crippen molar-refractivity contribution < 1.29 is 0 Å². The average molecular weight is 218 g/mol. The molecule has 88 valence electrons. The van der Waals surface area contributed by atoms with Crippen LogP contribution in [0.4, 0.5) is 5.69 Å². The van der Waals surface area contributed by atoms with E-state index in [9.17, 15) is 0 Å². The molecular formula is C14H22N2. The lowest BCUT2D eigenvalue weighted by atomic mass is 9.93. The lowest BCUT2D eigenvalue weighted by molar-refractivity contribution is 0.611. The number of fused-ring (bicyclic) bond motifs is 1.